The minimum absolute atomic E-state index is 0.678. The van der Waals surface area contributed by atoms with E-state index in [1.165, 1.54) is 12.8 Å². The van der Waals surface area contributed by atoms with Crippen molar-refractivity contribution in [3.63, 3.8) is 0 Å². The molecule has 0 aromatic heterocycles. The zero-order valence-corrected chi connectivity index (χ0v) is 5.91. The third kappa shape index (κ3) is 5.82. The van der Waals surface area contributed by atoms with Crippen molar-refractivity contribution in [1.82, 2.24) is 0 Å². The van der Waals surface area contributed by atoms with Crippen molar-refractivity contribution in [2.24, 2.45) is 4.53 Å². The molecule has 0 unspecified atom stereocenters. The van der Waals surface area contributed by atoms with Crippen molar-refractivity contribution in [3.8, 4) is 0 Å². The van der Waals surface area contributed by atoms with Crippen molar-refractivity contribution in [2.45, 2.75) is 26.2 Å². The van der Waals surface area contributed by atoms with Gasteiger partial charge >= 0.3 is 0 Å². The second-order valence-electron chi connectivity index (χ2n) is 1.61. The Morgan fingerprint density at radius 2 is 2.25 bits per heavy atom. The molecule has 2 nitrogen and oxygen atoms in total. The van der Waals surface area contributed by atoms with E-state index >= 15 is 0 Å². The molecule has 0 heterocycles. The summed E-state index contributed by atoms with van der Waals surface area (Å²) in [4.78, 5) is 4.58. The zero-order valence-electron chi connectivity index (χ0n) is 5.09. The Bertz CT molecular complexity index is 58.4. The summed E-state index contributed by atoms with van der Waals surface area (Å²) < 4.78 is 3.09. The fraction of sp³-hybridized carbons (Fsp3) is 1.00. The Labute approximate surface area is 55.4 Å². The topological polar surface area (TPSA) is 21.6 Å². The molecule has 0 aliphatic rings. The molecule has 0 radical (unpaired) electrons. The molecule has 0 aliphatic carbocycles. The van der Waals surface area contributed by atoms with Crippen LogP contribution in [0.15, 0.2) is 4.53 Å². The summed E-state index contributed by atoms with van der Waals surface area (Å²) in [6, 6.07) is 0. The molecule has 8 heavy (non-hydrogen) atoms. The van der Waals surface area contributed by atoms with E-state index in [4.69, 9.17) is 0 Å². The molecule has 48 valence electrons. The summed E-state index contributed by atoms with van der Waals surface area (Å²) in [7, 11) is 0. The molecule has 0 amide bonds. The summed E-state index contributed by atoms with van der Waals surface area (Å²) in [5, 5.41) is 0. The molecule has 0 spiro atoms. The molecule has 3 heteroatoms. The van der Waals surface area contributed by atoms with Crippen LogP contribution in [0.25, 0.3) is 0 Å². The Balaban J connectivity index is 2.62. The maximum atomic E-state index is 4.58. The lowest BCUT2D eigenvalue weighted by Crippen LogP contribution is -1.84. The van der Waals surface area contributed by atoms with Gasteiger partial charge in [-0.1, -0.05) is 19.8 Å². The van der Waals surface area contributed by atoms with Crippen LogP contribution < -0.4 is 0 Å². The van der Waals surface area contributed by atoms with E-state index < -0.39 is 0 Å². The minimum atomic E-state index is 0.678. The van der Waals surface area contributed by atoms with Crippen LogP contribution in [-0.2, 0) is 17.3 Å². The first-order valence-corrected chi connectivity index (χ1v) is 3.23. The Hall–Kier alpha value is -0.180. The molecule has 0 saturated heterocycles. The fourth-order valence-electron chi connectivity index (χ4n) is 0.454. The Kier molecular flexibility index (Phi) is 6.67. The third-order valence-corrected chi connectivity index (χ3v) is 0.997. The van der Waals surface area contributed by atoms with Crippen LogP contribution in [0.3, 0.4) is 0 Å². The zero-order chi connectivity index (χ0) is 6.24. The van der Waals surface area contributed by atoms with Gasteiger partial charge in [0.1, 0.15) is 6.61 Å². The van der Waals surface area contributed by atoms with Gasteiger partial charge in [0.2, 0.25) is 0 Å². The molecule has 0 bridgehead atoms. The summed E-state index contributed by atoms with van der Waals surface area (Å²) in [5.74, 6) is 0. The van der Waals surface area contributed by atoms with E-state index in [2.05, 4.69) is 28.7 Å². The molecule has 0 rings (SSSR count). The molecule has 0 aromatic rings. The standard InChI is InChI=1S/C5H11NOS/c1-2-3-4-5-7-6-8/h2-5H2,1H3. The lowest BCUT2D eigenvalue weighted by molar-refractivity contribution is 0.147. The van der Waals surface area contributed by atoms with Crippen LogP contribution >= 0.6 is 0 Å². The molecule has 0 atom stereocenters. The smallest absolute Gasteiger partial charge is 0.118 e. The molecule has 0 fully saturated rings. The lowest BCUT2D eigenvalue weighted by Gasteiger charge is -1.92. The minimum Gasteiger partial charge on any atom is -0.386 e. The maximum absolute atomic E-state index is 4.58. The fourth-order valence-corrected chi connectivity index (χ4v) is 0.528. The highest BCUT2D eigenvalue weighted by molar-refractivity contribution is 7.47. The number of nitrogens with zero attached hydrogens (tertiary/aromatic N) is 1. The number of hydrogen-bond acceptors (Lipinski definition) is 3. The van der Waals surface area contributed by atoms with Gasteiger partial charge in [-0.25, -0.2) is 0 Å². The van der Waals surface area contributed by atoms with Crippen molar-refractivity contribution in [3.05, 3.63) is 0 Å². The second-order valence-corrected chi connectivity index (χ2v) is 1.76. The number of hydrogen-bond donors (Lipinski definition) is 0. The van der Waals surface area contributed by atoms with E-state index in [1.54, 1.807) is 0 Å². The van der Waals surface area contributed by atoms with E-state index in [9.17, 15) is 0 Å². The van der Waals surface area contributed by atoms with Crippen LogP contribution in [0.1, 0.15) is 26.2 Å². The SMILES string of the molecule is CCCCCON=S. The largest absolute Gasteiger partial charge is 0.386 e. The molecule has 0 aliphatic heterocycles. The first-order valence-electron chi connectivity index (χ1n) is 2.86. The van der Waals surface area contributed by atoms with Crippen molar-refractivity contribution in [1.29, 1.82) is 0 Å². The number of rotatable bonds is 5. The van der Waals surface area contributed by atoms with E-state index in [-0.39, 0.29) is 0 Å². The Morgan fingerprint density at radius 3 is 2.75 bits per heavy atom. The van der Waals surface area contributed by atoms with E-state index in [1.807, 2.05) is 0 Å². The third-order valence-electron chi connectivity index (χ3n) is 0.892. The van der Waals surface area contributed by atoms with Crippen LogP contribution in [0, 0.1) is 0 Å². The van der Waals surface area contributed by atoms with E-state index in [0.717, 1.165) is 6.42 Å². The van der Waals surface area contributed by atoms with Crippen LogP contribution in [0.4, 0.5) is 0 Å². The van der Waals surface area contributed by atoms with Crippen LogP contribution in [-0.4, -0.2) is 6.61 Å². The van der Waals surface area contributed by atoms with Crippen LogP contribution in [0.5, 0.6) is 0 Å². The van der Waals surface area contributed by atoms with Gasteiger partial charge < -0.3 is 4.84 Å². The van der Waals surface area contributed by atoms with Gasteiger partial charge in [0.15, 0.2) is 0 Å². The highest BCUT2D eigenvalue weighted by Gasteiger charge is 1.82. The average molecular weight is 133 g/mol. The monoisotopic (exact) mass is 133 g/mol. The van der Waals surface area contributed by atoms with Gasteiger partial charge in [0.25, 0.3) is 0 Å². The predicted octanol–water partition coefficient (Wildman–Crippen LogP) is 1.84. The first kappa shape index (κ1) is 7.82. The van der Waals surface area contributed by atoms with Crippen molar-refractivity contribution >= 4 is 12.4 Å². The summed E-state index contributed by atoms with van der Waals surface area (Å²) in [6.07, 6.45) is 3.47. The summed E-state index contributed by atoms with van der Waals surface area (Å²) >= 11 is 4.20. The predicted molar refractivity (Wildman–Crippen MR) is 35.3 cm³/mol. The maximum Gasteiger partial charge on any atom is 0.118 e. The van der Waals surface area contributed by atoms with Gasteiger partial charge in [0.05, 0.1) is 12.4 Å². The summed E-state index contributed by atoms with van der Waals surface area (Å²) in [5.41, 5.74) is 0. The highest BCUT2D eigenvalue weighted by Crippen LogP contribution is 1.93. The second kappa shape index (κ2) is 6.82. The molecular weight excluding hydrogens is 122 g/mol. The van der Waals surface area contributed by atoms with Crippen LogP contribution in [0.2, 0.25) is 0 Å². The summed E-state index contributed by atoms with van der Waals surface area (Å²) in [6.45, 7) is 2.82. The Morgan fingerprint density at radius 1 is 1.50 bits per heavy atom. The van der Waals surface area contributed by atoms with Gasteiger partial charge in [-0.05, 0) is 10.9 Å². The molecule has 0 saturated carbocycles. The molecule has 0 N–H and O–H groups in total. The van der Waals surface area contributed by atoms with Crippen molar-refractivity contribution in [2.75, 3.05) is 6.61 Å². The van der Waals surface area contributed by atoms with Gasteiger partial charge in [0, 0.05) is 0 Å². The normalized spacial score (nSPS) is 8.62. The van der Waals surface area contributed by atoms with Gasteiger partial charge in [-0.3, -0.25) is 0 Å². The van der Waals surface area contributed by atoms with Gasteiger partial charge in [-0.2, -0.15) is 0 Å². The van der Waals surface area contributed by atoms with Crippen molar-refractivity contribution < 1.29 is 4.84 Å². The molecule has 0 aromatic carbocycles. The first-order chi connectivity index (χ1) is 3.91. The lowest BCUT2D eigenvalue weighted by atomic mass is 10.3. The quantitative estimate of drug-likeness (QED) is 0.421. The average Bonchev–Trinajstić information content (AvgIpc) is 1.81. The highest BCUT2D eigenvalue weighted by atomic mass is 32.1. The number of unbranched alkanes of at least 4 members (excludes halogenated alkanes) is 2. The van der Waals surface area contributed by atoms with E-state index in [0.29, 0.717) is 6.61 Å². The molecular formula is C5H11NOS. The van der Waals surface area contributed by atoms with Gasteiger partial charge in [-0.15, -0.1) is 0 Å².